The van der Waals surface area contributed by atoms with Crippen LogP contribution in [0.2, 0.25) is 0 Å². The summed E-state index contributed by atoms with van der Waals surface area (Å²) in [4.78, 5) is 14.0. The van der Waals surface area contributed by atoms with Gasteiger partial charge in [0.05, 0.1) is 0 Å². The van der Waals surface area contributed by atoms with E-state index in [0.29, 0.717) is 12.0 Å². The Balaban J connectivity index is 2.33. The van der Waals surface area contributed by atoms with E-state index in [1.807, 2.05) is 4.90 Å². The van der Waals surface area contributed by atoms with Gasteiger partial charge in [0.25, 0.3) is 0 Å². The smallest absolute Gasteiger partial charge is 0.317 e. The van der Waals surface area contributed by atoms with Crippen LogP contribution in [0.1, 0.15) is 52.9 Å². The maximum atomic E-state index is 12.0. The van der Waals surface area contributed by atoms with Crippen LogP contribution in [-0.2, 0) is 0 Å². The van der Waals surface area contributed by atoms with Gasteiger partial charge in [-0.15, -0.1) is 0 Å². The molecule has 0 bridgehead atoms. The average Bonchev–Trinajstić information content (AvgIpc) is 2.28. The van der Waals surface area contributed by atoms with Gasteiger partial charge in [-0.3, -0.25) is 0 Å². The van der Waals surface area contributed by atoms with Crippen molar-refractivity contribution in [2.75, 3.05) is 13.1 Å². The zero-order valence-electron chi connectivity index (χ0n) is 11.0. The van der Waals surface area contributed by atoms with Crippen LogP contribution in [0, 0.1) is 5.92 Å². The van der Waals surface area contributed by atoms with Gasteiger partial charge in [-0.25, -0.2) is 4.79 Å². The second-order valence-electron chi connectivity index (χ2n) is 5.17. The van der Waals surface area contributed by atoms with E-state index < -0.39 is 0 Å². The highest BCUT2D eigenvalue weighted by Gasteiger charge is 2.24. The van der Waals surface area contributed by atoms with Gasteiger partial charge in [0.1, 0.15) is 0 Å². The van der Waals surface area contributed by atoms with E-state index in [1.165, 1.54) is 12.8 Å². The third kappa shape index (κ3) is 4.03. The lowest BCUT2D eigenvalue weighted by Gasteiger charge is -2.35. The highest BCUT2D eigenvalue weighted by molar-refractivity contribution is 5.74. The van der Waals surface area contributed by atoms with Crippen molar-refractivity contribution in [2.24, 2.45) is 5.92 Å². The standard InChI is InChI=1S/C13H26N2O/c1-4-12-7-5-6-10-15(12)13(16)14-9-8-11(2)3/h11-12H,4-10H2,1-3H3,(H,14,16). The number of amides is 2. The first-order chi connectivity index (χ1) is 7.65. The number of urea groups is 1. The third-order valence-electron chi connectivity index (χ3n) is 3.36. The second-order valence-corrected chi connectivity index (χ2v) is 5.17. The highest BCUT2D eigenvalue weighted by atomic mass is 16.2. The molecule has 0 saturated carbocycles. The Morgan fingerprint density at radius 1 is 1.44 bits per heavy atom. The Morgan fingerprint density at radius 3 is 2.81 bits per heavy atom. The number of carbonyl (C=O) groups is 1. The summed E-state index contributed by atoms with van der Waals surface area (Å²) < 4.78 is 0. The summed E-state index contributed by atoms with van der Waals surface area (Å²) in [6, 6.07) is 0.611. The van der Waals surface area contributed by atoms with Crippen LogP contribution in [-0.4, -0.2) is 30.1 Å². The fraction of sp³-hybridized carbons (Fsp3) is 0.923. The largest absolute Gasteiger partial charge is 0.338 e. The number of hydrogen-bond donors (Lipinski definition) is 1. The molecule has 3 heteroatoms. The number of nitrogens with zero attached hydrogens (tertiary/aromatic N) is 1. The van der Waals surface area contributed by atoms with E-state index in [4.69, 9.17) is 0 Å². The molecule has 0 aliphatic carbocycles. The van der Waals surface area contributed by atoms with Crippen LogP contribution < -0.4 is 5.32 Å². The summed E-state index contributed by atoms with van der Waals surface area (Å²) in [5.41, 5.74) is 0. The molecule has 1 atom stereocenters. The van der Waals surface area contributed by atoms with E-state index in [1.54, 1.807) is 0 Å². The molecule has 1 aliphatic rings. The predicted molar refractivity (Wildman–Crippen MR) is 67.5 cm³/mol. The fourth-order valence-corrected chi connectivity index (χ4v) is 2.26. The molecule has 1 N–H and O–H groups in total. The third-order valence-corrected chi connectivity index (χ3v) is 3.36. The molecule has 1 heterocycles. The molecule has 1 rings (SSSR count). The molecule has 0 radical (unpaired) electrons. The number of likely N-dealkylation sites (tertiary alicyclic amines) is 1. The van der Waals surface area contributed by atoms with Crippen LogP contribution in [0.3, 0.4) is 0 Å². The van der Waals surface area contributed by atoms with Crippen molar-refractivity contribution >= 4 is 6.03 Å². The molecule has 0 spiro atoms. The Labute approximate surface area is 99.6 Å². The van der Waals surface area contributed by atoms with Gasteiger partial charge >= 0.3 is 6.03 Å². The average molecular weight is 226 g/mol. The minimum Gasteiger partial charge on any atom is -0.338 e. The molecule has 94 valence electrons. The Hall–Kier alpha value is -0.730. The maximum absolute atomic E-state index is 12.0. The zero-order valence-corrected chi connectivity index (χ0v) is 11.0. The molecule has 1 fully saturated rings. The molecule has 1 unspecified atom stereocenters. The summed E-state index contributed by atoms with van der Waals surface area (Å²) in [7, 11) is 0. The summed E-state index contributed by atoms with van der Waals surface area (Å²) in [5.74, 6) is 0.656. The van der Waals surface area contributed by atoms with Gasteiger partial charge in [0.15, 0.2) is 0 Å². The van der Waals surface area contributed by atoms with E-state index in [9.17, 15) is 4.79 Å². The lowest BCUT2D eigenvalue weighted by atomic mass is 10.0. The molecule has 1 saturated heterocycles. The minimum atomic E-state index is 0.146. The Morgan fingerprint density at radius 2 is 2.19 bits per heavy atom. The van der Waals surface area contributed by atoms with Crippen molar-refractivity contribution in [3.8, 4) is 0 Å². The van der Waals surface area contributed by atoms with Crippen LogP contribution in [0.5, 0.6) is 0 Å². The zero-order chi connectivity index (χ0) is 12.0. The summed E-state index contributed by atoms with van der Waals surface area (Å²) in [6.07, 6.45) is 5.75. The highest BCUT2D eigenvalue weighted by Crippen LogP contribution is 2.19. The molecule has 0 aromatic heterocycles. The van der Waals surface area contributed by atoms with Gasteiger partial charge in [0, 0.05) is 19.1 Å². The summed E-state index contributed by atoms with van der Waals surface area (Å²) in [5, 5.41) is 3.04. The van der Waals surface area contributed by atoms with E-state index in [0.717, 1.165) is 32.4 Å². The van der Waals surface area contributed by atoms with Gasteiger partial charge in [0.2, 0.25) is 0 Å². The molecule has 0 aromatic carbocycles. The van der Waals surface area contributed by atoms with Crippen molar-refractivity contribution in [3.63, 3.8) is 0 Å². The monoisotopic (exact) mass is 226 g/mol. The summed E-state index contributed by atoms with van der Waals surface area (Å²) >= 11 is 0. The number of piperidine rings is 1. The molecule has 1 aliphatic heterocycles. The number of nitrogens with one attached hydrogen (secondary N) is 1. The Bertz CT molecular complexity index is 216. The van der Waals surface area contributed by atoms with Crippen LogP contribution in [0.25, 0.3) is 0 Å². The first-order valence-electron chi connectivity index (χ1n) is 6.69. The molecular weight excluding hydrogens is 200 g/mol. The topological polar surface area (TPSA) is 32.3 Å². The van der Waals surface area contributed by atoms with Crippen molar-refractivity contribution < 1.29 is 4.79 Å². The second kappa shape index (κ2) is 6.77. The van der Waals surface area contributed by atoms with E-state index in [-0.39, 0.29) is 6.03 Å². The van der Waals surface area contributed by atoms with Gasteiger partial charge in [-0.1, -0.05) is 20.8 Å². The number of rotatable bonds is 4. The summed E-state index contributed by atoms with van der Waals surface area (Å²) in [6.45, 7) is 8.28. The minimum absolute atomic E-state index is 0.146. The van der Waals surface area contributed by atoms with Gasteiger partial charge in [-0.2, -0.15) is 0 Å². The lowest BCUT2D eigenvalue weighted by molar-refractivity contribution is 0.148. The van der Waals surface area contributed by atoms with Crippen LogP contribution in [0.4, 0.5) is 4.79 Å². The predicted octanol–water partition coefficient (Wildman–Crippen LogP) is 3.01. The van der Waals surface area contributed by atoms with Crippen LogP contribution >= 0.6 is 0 Å². The quantitative estimate of drug-likeness (QED) is 0.785. The Kier molecular flexibility index (Phi) is 5.64. The van der Waals surface area contributed by atoms with Crippen molar-refractivity contribution in [1.82, 2.24) is 10.2 Å². The number of carbonyl (C=O) groups excluding carboxylic acids is 1. The molecule has 2 amide bonds. The van der Waals surface area contributed by atoms with Crippen molar-refractivity contribution in [3.05, 3.63) is 0 Å². The molecule has 16 heavy (non-hydrogen) atoms. The van der Waals surface area contributed by atoms with Crippen molar-refractivity contribution in [2.45, 2.75) is 58.9 Å². The first kappa shape index (κ1) is 13.3. The maximum Gasteiger partial charge on any atom is 0.317 e. The molecule has 3 nitrogen and oxygen atoms in total. The molecule has 0 aromatic rings. The first-order valence-corrected chi connectivity index (χ1v) is 6.69. The number of hydrogen-bond acceptors (Lipinski definition) is 1. The fourth-order valence-electron chi connectivity index (χ4n) is 2.26. The normalized spacial score (nSPS) is 21.2. The van der Waals surface area contributed by atoms with Crippen LogP contribution in [0.15, 0.2) is 0 Å². The van der Waals surface area contributed by atoms with E-state index >= 15 is 0 Å². The van der Waals surface area contributed by atoms with Gasteiger partial charge < -0.3 is 10.2 Å². The van der Waals surface area contributed by atoms with E-state index in [2.05, 4.69) is 26.1 Å². The SMILES string of the molecule is CCC1CCCCN1C(=O)NCCC(C)C. The lowest BCUT2D eigenvalue weighted by Crippen LogP contribution is -2.48. The van der Waals surface area contributed by atoms with Gasteiger partial charge in [-0.05, 0) is 38.0 Å². The van der Waals surface area contributed by atoms with Crippen molar-refractivity contribution in [1.29, 1.82) is 0 Å². The molecular formula is C13H26N2O.